The van der Waals surface area contributed by atoms with Crippen LogP contribution in [0.4, 0.5) is 0 Å². The van der Waals surface area contributed by atoms with E-state index in [-0.39, 0.29) is 13.0 Å². The third-order valence-electron chi connectivity index (χ3n) is 1.78. The van der Waals surface area contributed by atoms with Gasteiger partial charge in [0.25, 0.3) is 0 Å². The Labute approximate surface area is 90.0 Å². The molecule has 0 radical (unpaired) electrons. The molecule has 0 amide bonds. The molecule has 5 nitrogen and oxygen atoms in total. The Morgan fingerprint density at radius 2 is 2.07 bits per heavy atom. The zero-order chi connectivity index (χ0) is 11.9. The average molecular weight is 233 g/mol. The highest BCUT2D eigenvalue weighted by Gasteiger charge is 2.31. The number of carbonyl (C=O) groups excluding carboxylic acids is 1. The lowest BCUT2D eigenvalue weighted by Crippen LogP contribution is -2.33. The van der Waals surface area contributed by atoms with Crippen molar-refractivity contribution < 1.29 is 17.9 Å². The molecule has 0 rings (SSSR count). The van der Waals surface area contributed by atoms with Crippen molar-refractivity contribution in [3.05, 3.63) is 0 Å². The molecule has 0 aliphatic rings. The van der Waals surface area contributed by atoms with E-state index in [4.69, 9.17) is 10.00 Å². The van der Waals surface area contributed by atoms with Gasteiger partial charge in [0.15, 0.2) is 15.1 Å². The third kappa shape index (κ3) is 4.30. The van der Waals surface area contributed by atoms with Crippen molar-refractivity contribution in [2.75, 3.05) is 12.4 Å². The molecular formula is C9H15NO4S. The largest absolute Gasteiger partial charge is 0.465 e. The Balaban J connectivity index is 4.63. The predicted molar refractivity (Wildman–Crippen MR) is 54.7 cm³/mol. The van der Waals surface area contributed by atoms with Crippen LogP contribution < -0.4 is 0 Å². The van der Waals surface area contributed by atoms with Crippen LogP contribution in [-0.4, -0.2) is 32.0 Å². The first kappa shape index (κ1) is 13.9. The highest BCUT2D eigenvalue weighted by atomic mass is 32.2. The fourth-order valence-corrected chi connectivity index (χ4v) is 2.30. The highest BCUT2D eigenvalue weighted by Crippen LogP contribution is 2.09. The number of carbonyl (C=O) groups is 1. The Morgan fingerprint density at radius 3 is 2.47 bits per heavy atom. The van der Waals surface area contributed by atoms with Gasteiger partial charge < -0.3 is 4.74 Å². The average Bonchev–Trinajstić information content (AvgIpc) is 2.15. The lowest BCUT2D eigenvalue weighted by atomic mass is 10.3. The fraction of sp³-hybridized carbons (Fsp3) is 0.778. The van der Waals surface area contributed by atoms with Crippen LogP contribution in [0.3, 0.4) is 0 Å². The van der Waals surface area contributed by atoms with Crippen LogP contribution in [-0.2, 0) is 19.4 Å². The minimum Gasteiger partial charge on any atom is -0.465 e. The van der Waals surface area contributed by atoms with Crippen LogP contribution in [0.15, 0.2) is 0 Å². The van der Waals surface area contributed by atoms with Crippen molar-refractivity contribution >= 4 is 15.8 Å². The predicted octanol–water partition coefficient (Wildman–Crippen LogP) is 0.657. The van der Waals surface area contributed by atoms with Crippen LogP contribution >= 0.6 is 0 Å². The Morgan fingerprint density at radius 1 is 1.47 bits per heavy atom. The molecule has 0 aromatic heterocycles. The number of rotatable bonds is 6. The summed E-state index contributed by atoms with van der Waals surface area (Å²) in [6.07, 6.45) is 0.771. The lowest BCUT2D eigenvalue weighted by Gasteiger charge is -2.12. The first-order chi connectivity index (χ1) is 6.99. The van der Waals surface area contributed by atoms with Crippen molar-refractivity contribution in [3.63, 3.8) is 0 Å². The maximum atomic E-state index is 11.4. The molecule has 0 spiro atoms. The monoisotopic (exact) mass is 233 g/mol. The zero-order valence-corrected chi connectivity index (χ0v) is 9.71. The van der Waals surface area contributed by atoms with Crippen LogP contribution in [0.1, 0.15) is 26.7 Å². The van der Waals surface area contributed by atoms with Crippen LogP contribution in [0.5, 0.6) is 0 Å². The molecular weight excluding hydrogens is 218 g/mol. The standard InChI is InChI=1S/C9H15NO4S/c1-3-6-14-9(11)8(4-2)15(12,13)7-5-10/h8H,3-4,6-7H2,1-2H3. The van der Waals surface area contributed by atoms with Crippen LogP contribution in [0.2, 0.25) is 0 Å². The molecule has 0 bridgehead atoms. The fourth-order valence-electron chi connectivity index (χ4n) is 1.05. The van der Waals surface area contributed by atoms with E-state index in [1.54, 1.807) is 6.92 Å². The van der Waals surface area contributed by atoms with E-state index in [9.17, 15) is 13.2 Å². The number of sulfone groups is 1. The van der Waals surface area contributed by atoms with E-state index in [1.807, 2.05) is 6.92 Å². The quantitative estimate of drug-likeness (QED) is 0.629. The molecule has 1 atom stereocenters. The molecule has 0 aliphatic carbocycles. The van der Waals surface area contributed by atoms with Gasteiger partial charge in [-0.25, -0.2) is 8.42 Å². The smallest absolute Gasteiger partial charge is 0.324 e. The summed E-state index contributed by atoms with van der Waals surface area (Å²) in [6.45, 7) is 3.60. The van der Waals surface area contributed by atoms with Crippen molar-refractivity contribution in [2.24, 2.45) is 0 Å². The first-order valence-corrected chi connectivity index (χ1v) is 6.46. The normalized spacial score (nSPS) is 12.9. The molecule has 0 saturated heterocycles. The molecule has 0 heterocycles. The number of ether oxygens (including phenoxy) is 1. The second kappa shape index (κ2) is 6.40. The molecule has 15 heavy (non-hydrogen) atoms. The summed E-state index contributed by atoms with van der Waals surface area (Å²) in [7, 11) is -3.69. The molecule has 6 heteroatoms. The molecule has 0 aromatic rings. The SMILES string of the molecule is CCCOC(=O)C(CC)S(=O)(=O)CC#N. The molecule has 0 saturated carbocycles. The molecule has 1 unspecified atom stereocenters. The third-order valence-corrected chi connectivity index (χ3v) is 3.71. The number of nitrogens with zero attached hydrogens (tertiary/aromatic N) is 1. The minimum absolute atomic E-state index is 0.132. The highest BCUT2D eigenvalue weighted by molar-refractivity contribution is 7.92. The van der Waals surface area contributed by atoms with Crippen molar-refractivity contribution in [2.45, 2.75) is 31.9 Å². The molecule has 0 fully saturated rings. The second-order valence-electron chi connectivity index (χ2n) is 3.03. The van der Waals surface area contributed by atoms with Gasteiger partial charge in [-0.3, -0.25) is 4.79 Å². The van der Waals surface area contributed by atoms with E-state index in [1.165, 1.54) is 6.07 Å². The summed E-state index contributed by atoms with van der Waals surface area (Å²) in [6, 6.07) is 1.54. The van der Waals surface area contributed by atoms with Gasteiger partial charge >= 0.3 is 5.97 Å². The van der Waals surface area contributed by atoms with Crippen LogP contribution in [0, 0.1) is 11.3 Å². The summed E-state index contributed by atoms with van der Waals surface area (Å²) in [5, 5.41) is 7.12. The Bertz CT molecular complexity index is 342. The van der Waals surface area contributed by atoms with Gasteiger partial charge in [-0.1, -0.05) is 13.8 Å². The van der Waals surface area contributed by atoms with E-state index in [0.717, 1.165) is 0 Å². The van der Waals surface area contributed by atoms with Crippen LogP contribution in [0.25, 0.3) is 0 Å². The zero-order valence-electron chi connectivity index (χ0n) is 8.89. The van der Waals surface area contributed by atoms with E-state index in [2.05, 4.69) is 0 Å². The van der Waals surface area contributed by atoms with Gasteiger partial charge in [0.2, 0.25) is 0 Å². The van der Waals surface area contributed by atoms with E-state index >= 15 is 0 Å². The second-order valence-corrected chi connectivity index (χ2v) is 5.21. The summed E-state index contributed by atoms with van der Waals surface area (Å²) < 4.78 is 27.6. The minimum atomic E-state index is -3.69. The molecule has 86 valence electrons. The van der Waals surface area contributed by atoms with Gasteiger partial charge in [-0.05, 0) is 12.8 Å². The van der Waals surface area contributed by atoms with E-state index in [0.29, 0.717) is 6.42 Å². The summed E-state index contributed by atoms with van der Waals surface area (Å²) in [4.78, 5) is 11.3. The van der Waals surface area contributed by atoms with Crippen molar-refractivity contribution in [1.29, 1.82) is 5.26 Å². The van der Waals surface area contributed by atoms with Crippen molar-refractivity contribution in [3.8, 4) is 6.07 Å². The number of nitriles is 1. The Hall–Kier alpha value is -1.09. The number of hydrogen-bond acceptors (Lipinski definition) is 5. The summed E-state index contributed by atoms with van der Waals surface area (Å²) in [5.41, 5.74) is 0. The maximum Gasteiger partial charge on any atom is 0.324 e. The maximum absolute atomic E-state index is 11.4. The molecule has 0 N–H and O–H groups in total. The van der Waals surface area contributed by atoms with Gasteiger partial charge in [-0.2, -0.15) is 5.26 Å². The lowest BCUT2D eigenvalue weighted by molar-refractivity contribution is -0.143. The van der Waals surface area contributed by atoms with Gasteiger partial charge in [0.05, 0.1) is 12.7 Å². The van der Waals surface area contributed by atoms with E-state index < -0.39 is 26.8 Å². The Kier molecular flexibility index (Phi) is 5.94. The number of hydrogen-bond donors (Lipinski definition) is 0. The molecule has 0 aromatic carbocycles. The van der Waals surface area contributed by atoms with Gasteiger partial charge in [-0.15, -0.1) is 0 Å². The first-order valence-electron chi connectivity index (χ1n) is 4.74. The summed E-state index contributed by atoms with van der Waals surface area (Å²) >= 11 is 0. The molecule has 0 aliphatic heterocycles. The topological polar surface area (TPSA) is 84.2 Å². The van der Waals surface area contributed by atoms with Crippen molar-refractivity contribution in [1.82, 2.24) is 0 Å². The number of esters is 1. The summed E-state index contributed by atoms with van der Waals surface area (Å²) in [5.74, 6) is -1.40. The van der Waals surface area contributed by atoms with Gasteiger partial charge in [0, 0.05) is 0 Å². The van der Waals surface area contributed by atoms with Gasteiger partial charge in [0.1, 0.15) is 5.75 Å².